The van der Waals surface area contributed by atoms with E-state index in [0.29, 0.717) is 16.7 Å². The van der Waals surface area contributed by atoms with E-state index in [1.54, 1.807) is 45.9 Å². The second kappa shape index (κ2) is 6.82. The minimum Gasteiger partial charge on any atom is -0.488 e. The van der Waals surface area contributed by atoms with Crippen molar-refractivity contribution in [1.29, 1.82) is 0 Å². The number of carbonyl (C=O) groups excluding carboxylic acids is 2. The highest BCUT2D eigenvalue weighted by Crippen LogP contribution is 2.50. The Labute approximate surface area is 161 Å². The molecule has 0 radical (unpaired) electrons. The molecule has 3 rings (SSSR count). The van der Waals surface area contributed by atoms with Gasteiger partial charge in [-0.2, -0.15) is 0 Å². The number of esters is 2. The van der Waals surface area contributed by atoms with Crippen molar-refractivity contribution < 1.29 is 28.2 Å². The molecule has 1 atom stereocenters. The standard InChI is InChI=1S/C21H22O7/c1-12(2)10-17(24)28-20(4,5)21(27-13(3)22)11-25-15-8-6-14-7-9-16(23)26-19(14)18(15)21/h6-10H,11H2,1-5H3/t21-/m1/s1. The van der Waals surface area contributed by atoms with Gasteiger partial charge in [-0.1, -0.05) is 5.57 Å². The van der Waals surface area contributed by atoms with E-state index in [-0.39, 0.29) is 12.2 Å². The molecule has 0 bridgehead atoms. The van der Waals surface area contributed by atoms with Crippen molar-refractivity contribution in [1.82, 2.24) is 0 Å². The summed E-state index contributed by atoms with van der Waals surface area (Å²) in [6, 6.07) is 6.36. The largest absolute Gasteiger partial charge is 0.488 e. The van der Waals surface area contributed by atoms with Gasteiger partial charge < -0.3 is 18.6 Å². The molecule has 2 aromatic rings. The third kappa shape index (κ3) is 3.28. The normalized spacial score (nSPS) is 18.2. The Balaban J connectivity index is 2.24. The fourth-order valence-corrected chi connectivity index (χ4v) is 3.39. The molecule has 2 heterocycles. The second-order valence-corrected chi connectivity index (χ2v) is 7.47. The van der Waals surface area contributed by atoms with Gasteiger partial charge in [0.15, 0.2) is 5.60 Å². The zero-order chi connectivity index (χ0) is 20.7. The predicted octanol–water partition coefficient (Wildman–Crippen LogP) is 3.23. The van der Waals surface area contributed by atoms with E-state index in [2.05, 4.69) is 0 Å². The van der Waals surface area contributed by atoms with Gasteiger partial charge in [0.05, 0.1) is 5.56 Å². The summed E-state index contributed by atoms with van der Waals surface area (Å²) in [4.78, 5) is 36.2. The Bertz CT molecular complexity index is 1040. The molecule has 0 N–H and O–H groups in total. The summed E-state index contributed by atoms with van der Waals surface area (Å²) in [5, 5.41) is 0.631. The van der Waals surface area contributed by atoms with E-state index in [4.69, 9.17) is 18.6 Å². The summed E-state index contributed by atoms with van der Waals surface area (Å²) in [7, 11) is 0. The molecule has 0 spiro atoms. The Kier molecular flexibility index (Phi) is 4.79. The van der Waals surface area contributed by atoms with Crippen LogP contribution in [-0.2, 0) is 24.7 Å². The predicted molar refractivity (Wildman–Crippen MR) is 101 cm³/mol. The number of carbonyl (C=O) groups is 2. The molecule has 0 aliphatic carbocycles. The van der Waals surface area contributed by atoms with Gasteiger partial charge in [-0.25, -0.2) is 9.59 Å². The van der Waals surface area contributed by atoms with Crippen molar-refractivity contribution in [2.24, 2.45) is 0 Å². The molecule has 1 aliphatic rings. The average Bonchev–Trinajstić information content (AvgIpc) is 2.93. The quantitative estimate of drug-likeness (QED) is 0.452. The maximum absolute atomic E-state index is 12.3. The first kappa shape index (κ1) is 19.7. The fraction of sp³-hybridized carbons (Fsp3) is 0.381. The lowest BCUT2D eigenvalue weighted by Crippen LogP contribution is -2.54. The lowest BCUT2D eigenvalue weighted by atomic mass is 9.80. The molecule has 0 amide bonds. The van der Waals surface area contributed by atoms with Crippen LogP contribution in [0.4, 0.5) is 0 Å². The van der Waals surface area contributed by atoms with Gasteiger partial charge in [-0.05, 0) is 45.9 Å². The average molecular weight is 386 g/mol. The van der Waals surface area contributed by atoms with Gasteiger partial charge in [-0.15, -0.1) is 0 Å². The first-order valence-electron chi connectivity index (χ1n) is 8.83. The zero-order valence-electron chi connectivity index (χ0n) is 16.5. The maximum atomic E-state index is 12.3. The number of hydrogen-bond donors (Lipinski definition) is 0. The molecular weight excluding hydrogens is 364 g/mol. The van der Waals surface area contributed by atoms with Crippen LogP contribution in [0.15, 0.2) is 45.1 Å². The maximum Gasteiger partial charge on any atom is 0.336 e. The van der Waals surface area contributed by atoms with Crippen LogP contribution in [0.25, 0.3) is 11.0 Å². The van der Waals surface area contributed by atoms with E-state index in [0.717, 1.165) is 5.57 Å². The third-order valence-electron chi connectivity index (χ3n) is 4.64. The Morgan fingerprint density at radius 3 is 2.46 bits per heavy atom. The number of rotatable bonds is 4. The van der Waals surface area contributed by atoms with E-state index >= 15 is 0 Å². The molecule has 1 aromatic heterocycles. The number of benzene rings is 1. The summed E-state index contributed by atoms with van der Waals surface area (Å²) >= 11 is 0. The molecule has 1 aromatic carbocycles. The summed E-state index contributed by atoms with van der Waals surface area (Å²) in [6.45, 7) is 7.97. The summed E-state index contributed by atoms with van der Waals surface area (Å²) in [5.41, 5.74) is -2.00. The first-order valence-corrected chi connectivity index (χ1v) is 8.83. The van der Waals surface area contributed by atoms with Gasteiger partial charge in [-0.3, -0.25) is 4.79 Å². The highest BCUT2D eigenvalue weighted by molar-refractivity contribution is 5.86. The van der Waals surface area contributed by atoms with E-state index < -0.39 is 28.8 Å². The summed E-state index contributed by atoms with van der Waals surface area (Å²) in [6.07, 6.45) is 1.35. The van der Waals surface area contributed by atoms with Crippen molar-refractivity contribution in [3.05, 3.63) is 51.9 Å². The highest BCUT2D eigenvalue weighted by Gasteiger charge is 2.59. The van der Waals surface area contributed by atoms with E-state index in [1.807, 2.05) is 0 Å². The van der Waals surface area contributed by atoms with Crippen LogP contribution >= 0.6 is 0 Å². The Morgan fingerprint density at radius 2 is 1.82 bits per heavy atom. The SMILES string of the molecule is CC(=O)O[C@]1(C(C)(C)OC(=O)C=C(C)C)COc2ccc3ccc(=O)oc3c21. The third-order valence-corrected chi connectivity index (χ3v) is 4.64. The van der Waals surface area contributed by atoms with Crippen LogP contribution < -0.4 is 10.4 Å². The summed E-state index contributed by atoms with van der Waals surface area (Å²) < 4.78 is 22.6. The minimum atomic E-state index is -1.49. The van der Waals surface area contributed by atoms with Crippen LogP contribution in [0.5, 0.6) is 5.75 Å². The van der Waals surface area contributed by atoms with E-state index in [1.165, 1.54) is 19.1 Å². The van der Waals surface area contributed by atoms with Crippen LogP contribution in [0.1, 0.15) is 40.2 Å². The number of ether oxygens (including phenoxy) is 3. The fourth-order valence-electron chi connectivity index (χ4n) is 3.39. The highest BCUT2D eigenvalue weighted by atomic mass is 16.6. The van der Waals surface area contributed by atoms with Crippen LogP contribution in [0.2, 0.25) is 0 Å². The Morgan fingerprint density at radius 1 is 1.14 bits per heavy atom. The lowest BCUT2D eigenvalue weighted by Gasteiger charge is -2.40. The molecule has 0 saturated heterocycles. The minimum absolute atomic E-state index is 0.0886. The van der Waals surface area contributed by atoms with Crippen molar-refractivity contribution in [3.63, 3.8) is 0 Å². The van der Waals surface area contributed by atoms with Crippen molar-refractivity contribution in [3.8, 4) is 5.75 Å². The number of hydrogen-bond acceptors (Lipinski definition) is 7. The van der Waals surface area contributed by atoms with Gasteiger partial charge >= 0.3 is 17.6 Å². The smallest absolute Gasteiger partial charge is 0.336 e. The molecule has 7 nitrogen and oxygen atoms in total. The molecule has 148 valence electrons. The van der Waals surface area contributed by atoms with Crippen LogP contribution in [-0.4, -0.2) is 24.1 Å². The monoisotopic (exact) mass is 386 g/mol. The zero-order valence-corrected chi connectivity index (χ0v) is 16.5. The topological polar surface area (TPSA) is 92.0 Å². The van der Waals surface area contributed by atoms with Gasteiger partial charge in [0.25, 0.3) is 0 Å². The van der Waals surface area contributed by atoms with Gasteiger partial charge in [0.2, 0.25) is 5.60 Å². The van der Waals surface area contributed by atoms with Crippen LogP contribution in [0, 0.1) is 0 Å². The molecule has 7 heteroatoms. The molecular formula is C21H22O7. The van der Waals surface area contributed by atoms with Crippen molar-refractivity contribution in [2.75, 3.05) is 6.61 Å². The number of fused-ring (bicyclic) bond motifs is 3. The van der Waals surface area contributed by atoms with Crippen molar-refractivity contribution >= 4 is 22.9 Å². The van der Waals surface area contributed by atoms with Crippen LogP contribution in [0.3, 0.4) is 0 Å². The van der Waals surface area contributed by atoms with Crippen molar-refractivity contribution in [2.45, 2.75) is 45.8 Å². The molecule has 0 fully saturated rings. The van der Waals surface area contributed by atoms with Gasteiger partial charge in [0.1, 0.15) is 17.9 Å². The molecule has 0 unspecified atom stereocenters. The number of allylic oxidation sites excluding steroid dienone is 1. The molecule has 0 saturated carbocycles. The summed E-state index contributed by atoms with van der Waals surface area (Å²) in [5.74, 6) is -0.765. The first-order chi connectivity index (χ1) is 13.1. The van der Waals surface area contributed by atoms with E-state index in [9.17, 15) is 14.4 Å². The molecule has 1 aliphatic heterocycles. The second-order valence-electron chi connectivity index (χ2n) is 7.47. The lowest BCUT2D eigenvalue weighted by molar-refractivity contribution is -0.207. The molecule has 28 heavy (non-hydrogen) atoms. The Hall–Kier alpha value is -3.09. The van der Waals surface area contributed by atoms with Gasteiger partial charge in [0, 0.05) is 24.5 Å².